The molecule has 6 rings (SSSR count). The SMILES string of the molecule is CCOc1cccc(C2C3=CCn4c(=O)n(-c5ccccc5)c(=O)n4C3CC3=C2C(=O)C=C(Br)C3=O)c1O. The van der Waals surface area contributed by atoms with Gasteiger partial charge in [0.15, 0.2) is 23.1 Å². The Morgan fingerprint density at radius 1 is 1.03 bits per heavy atom. The molecule has 192 valence electrons. The number of ether oxygens (including phenoxy) is 1. The second-order valence-electron chi connectivity index (χ2n) is 9.22. The van der Waals surface area contributed by atoms with E-state index in [0.717, 1.165) is 4.57 Å². The molecular weight excluding hydrogens is 554 g/mol. The van der Waals surface area contributed by atoms with E-state index in [9.17, 15) is 24.3 Å². The Hall–Kier alpha value is -4.18. The third kappa shape index (κ3) is 3.43. The molecule has 0 saturated heterocycles. The Kier molecular flexibility index (Phi) is 5.71. The molecule has 1 aliphatic heterocycles. The molecule has 0 amide bonds. The van der Waals surface area contributed by atoms with Gasteiger partial charge in [-0.3, -0.25) is 9.59 Å². The zero-order valence-corrected chi connectivity index (χ0v) is 21.8. The summed E-state index contributed by atoms with van der Waals surface area (Å²) >= 11 is 3.20. The fourth-order valence-corrected chi connectivity index (χ4v) is 6.12. The molecule has 2 unspecified atom stereocenters. The molecule has 2 aromatic carbocycles. The molecule has 0 radical (unpaired) electrons. The largest absolute Gasteiger partial charge is 0.504 e. The van der Waals surface area contributed by atoms with Crippen molar-refractivity contribution >= 4 is 27.5 Å². The normalized spacial score (nSPS) is 20.4. The summed E-state index contributed by atoms with van der Waals surface area (Å²) in [5.41, 5.74) is 0.944. The number of phenolic OH excluding ortho intramolecular Hbond substituents is 1. The average Bonchev–Trinajstić information content (AvgIpc) is 3.18. The smallest absolute Gasteiger partial charge is 0.352 e. The van der Waals surface area contributed by atoms with Crippen LogP contribution in [0.4, 0.5) is 0 Å². The first kappa shape index (κ1) is 24.2. The summed E-state index contributed by atoms with van der Waals surface area (Å²) in [6.45, 7) is 2.21. The third-order valence-corrected chi connectivity index (χ3v) is 7.84. The van der Waals surface area contributed by atoms with Crippen molar-refractivity contribution in [1.82, 2.24) is 13.9 Å². The van der Waals surface area contributed by atoms with Crippen LogP contribution >= 0.6 is 15.9 Å². The lowest BCUT2D eigenvalue weighted by Crippen LogP contribution is -2.40. The fraction of sp³-hybridized carbons (Fsp3) is 0.214. The van der Waals surface area contributed by atoms with E-state index >= 15 is 0 Å². The zero-order valence-electron chi connectivity index (χ0n) is 20.3. The molecular formula is C28H22BrN3O6. The molecule has 3 aromatic rings. The molecule has 3 aliphatic rings. The van der Waals surface area contributed by atoms with E-state index in [1.165, 1.54) is 15.4 Å². The van der Waals surface area contributed by atoms with Crippen molar-refractivity contribution in [3.05, 3.63) is 108 Å². The van der Waals surface area contributed by atoms with E-state index in [-0.39, 0.29) is 51.7 Å². The van der Waals surface area contributed by atoms with Gasteiger partial charge in [-0.05, 0) is 46.6 Å². The van der Waals surface area contributed by atoms with E-state index in [2.05, 4.69) is 15.9 Å². The quantitative estimate of drug-likeness (QED) is 0.377. The molecule has 2 heterocycles. The number of carbonyl (C=O) groups is 2. The highest BCUT2D eigenvalue weighted by atomic mass is 79.9. The van der Waals surface area contributed by atoms with E-state index in [1.807, 2.05) is 6.08 Å². The predicted molar refractivity (Wildman–Crippen MR) is 142 cm³/mol. The van der Waals surface area contributed by atoms with E-state index in [0.29, 0.717) is 23.4 Å². The van der Waals surface area contributed by atoms with Crippen molar-refractivity contribution in [2.75, 3.05) is 6.61 Å². The lowest BCUT2D eigenvalue weighted by Gasteiger charge is -2.39. The molecule has 0 fully saturated rings. The van der Waals surface area contributed by atoms with Gasteiger partial charge in [0.2, 0.25) is 0 Å². The highest BCUT2D eigenvalue weighted by molar-refractivity contribution is 9.12. The summed E-state index contributed by atoms with van der Waals surface area (Å²) in [6.07, 6.45) is 3.11. The topological polar surface area (TPSA) is 113 Å². The number of hydrogen-bond donors (Lipinski definition) is 1. The van der Waals surface area contributed by atoms with E-state index in [4.69, 9.17) is 4.74 Å². The molecule has 9 nitrogen and oxygen atoms in total. The number of para-hydroxylation sites is 2. The number of hydrogen-bond acceptors (Lipinski definition) is 6. The number of nitrogens with zero attached hydrogens (tertiary/aromatic N) is 3. The average molecular weight is 576 g/mol. The fourth-order valence-electron chi connectivity index (χ4n) is 5.68. The van der Waals surface area contributed by atoms with Crippen molar-refractivity contribution in [2.45, 2.75) is 31.8 Å². The number of benzene rings is 2. The number of halogens is 1. The number of fused-ring (bicyclic) bond motifs is 3. The summed E-state index contributed by atoms with van der Waals surface area (Å²) in [5.74, 6) is -1.42. The Balaban J connectivity index is 1.60. The number of allylic oxidation sites excluding steroid dienone is 6. The lowest BCUT2D eigenvalue weighted by atomic mass is 9.68. The first-order valence-electron chi connectivity index (χ1n) is 12.2. The number of Topliss-reactive ketones (excluding diaryl/α,β-unsaturated/α-hetero) is 1. The minimum absolute atomic E-state index is 0.0508. The van der Waals surface area contributed by atoms with Gasteiger partial charge < -0.3 is 9.84 Å². The summed E-state index contributed by atoms with van der Waals surface area (Å²) in [6, 6.07) is 12.9. The minimum atomic E-state index is -0.812. The van der Waals surface area contributed by atoms with Gasteiger partial charge in [-0.15, -0.1) is 0 Å². The molecule has 1 aromatic heterocycles. The Labute approximate surface area is 224 Å². The van der Waals surface area contributed by atoms with Crippen molar-refractivity contribution in [1.29, 1.82) is 0 Å². The van der Waals surface area contributed by atoms with Gasteiger partial charge in [-0.1, -0.05) is 36.4 Å². The van der Waals surface area contributed by atoms with Crippen LogP contribution in [0.25, 0.3) is 5.69 Å². The lowest BCUT2D eigenvalue weighted by molar-refractivity contribution is -0.115. The second kappa shape index (κ2) is 8.98. The summed E-state index contributed by atoms with van der Waals surface area (Å²) in [5, 5.41) is 11.2. The summed E-state index contributed by atoms with van der Waals surface area (Å²) in [4.78, 5) is 53.7. The van der Waals surface area contributed by atoms with Crippen LogP contribution in [-0.4, -0.2) is 37.2 Å². The maximum Gasteiger partial charge on any atom is 0.352 e. The van der Waals surface area contributed by atoms with Crippen LogP contribution in [-0.2, 0) is 16.1 Å². The van der Waals surface area contributed by atoms with Crippen molar-refractivity contribution in [3.8, 4) is 17.2 Å². The van der Waals surface area contributed by atoms with Crippen LogP contribution in [0.3, 0.4) is 0 Å². The van der Waals surface area contributed by atoms with Gasteiger partial charge in [-0.2, -0.15) is 0 Å². The molecule has 2 atom stereocenters. The first-order chi connectivity index (χ1) is 18.3. The van der Waals surface area contributed by atoms with Gasteiger partial charge in [0.25, 0.3) is 0 Å². The molecule has 0 saturated carbocycles. The molecule has 1 N–H and O–H groups in total. The monoisotopic (exact) mass is 575 g/mol. The highest BCUT2D eigenvalue weighted by Gasteiger charge is 2.46. The Morgan fingerprint density at radius 3 is 2.53 bits per heavy atom. The number of aromatic nitrogens is 3. The van der Waals surface area contributed by atoms with E-state index in [1.54, 1.807) is 55.5 Å². The maximum absolute atomic E-state index is 13.7. The molecule has 0 spiro atoms. The van der Waals surface area contributed by atoms with Crippen LogP contribution in [0.5, 0.6) is 11.5 Å². The zero-order chi connectivity index (χ0) is 26.7. The molecule has 2 aliphatic carbocycles. The van der Waals surface area contributed by atoms with Crippen LogP contribution < -0.4 is 16.1 Å². The number of carbonyl (C=O) groups excluding carboxylic acids is 2. The first-order valence-corrected chi connectivity index (χ1v) is 13.0. The van der Waals surface area contributed by atoms with Crippen LogP contribution in [0.1, 0.15) is 30.9 Å². The van der Waals surface area contributed by atoms with Gasteiger partial charge in [0.1, 0.15) is 0 Å². The van der Waals surface area contributed by atoms with Gasteiger partial charge >= 0.3 is 11.4 Å². The minimum Gasteiger partial charge on any atom is -0.504 e. The van der Waals surface area contributed by atoms with E-state index < -0.39 is 23.3 Å². The maximum atomic E-state index is 13.7. The third-order valence-electron chi connectivity index (χ3n) is 7.25. The van der Waals surface area contributed by atoms with Gasteiger partial charge in [0, 0.05) is 35.1 Å². The molecule has 0 bridgehead atoms. The van der Waals surface area contributed by atoms with Gasteiger partial charge in [-0.25, -0.2) is 23.5 Å². The van der Waals surface area contributed by atoms with Crippen molar-refractivity contribution in [2.24, 2.45) is 0 Å². The van der Waals surface area contributed by atoms with Crippen LogP contribution in [0, 0.1) is 0 Å². The van der Waals surface area contributed by atoms with Gasteiger partial charge in [0.05, 0.1) is 29.4 Å². The van der Waals surface area contributed by atoms with Crippen molar-refractivity contribution < 1.29 is 19.4 Å². The van der Waals surface area contributed by atoms with Crippen LogP contribution in [0.15, 0.2) is 91.5 Å². The summed E-state index contributed by atoms with van der Waals surface area (Å²) < 4.78 is 9.54. The standard InChI is InChI=1S/C28H22BrN3O6/c1-2-38-22-10-6-9-17(26(22)35)23-16-11-12-30-27(36)31(15-7-4-3-5-8-15)28(37)32(30)20(16)13-18-24(23)21(33)14-19(29)25(18)34/h3-11,14,20,23,35H,2,12-13H2,1H3. The molecule has 38 heavy (non-hydrogen) atoms. The highest BCUT2D eigenvalue weighted by Crippen LogP contribution is 2.52. The van der Waals surface area contributed by atoms with Crippen LogP contribution in [0.2, 0.25) is 0 Å². The number of rotatable bonds is 4. The Bertz CT molecular complexity index is 1740. The number of phenols is 1. The predicted octanol–water partition coefficient (Wildman–Crippen LogP) is 3.30. The van der Waals surface area contributed by atoms with Crippen molar-refractivity contribution in [3.63, 3.8) is 0 Å². The Morgan fingerprint density at radius 2 is 1.79 bits per heavy atom. The summed E-state index contributed by atoms with van der Waals surface area (Å²) in [7, 11) is 0. The number of aromatic hydroxyl groups is 1. The number of ketones is 2. The second-order valence-corrected chi connectivity index (χ2v) is 10.1. The molecule has 10 heteroatoms.